The molecule has 0 spiro atoms. The number of ether oxygens (including phenoxy) is 1. The Labute approximate surface area is 98.0 Å². The van der Waals surface area contributed by atoms with Crippen LogP contribution in [0, 0.1) is 0 Å². The van der Waals surface area contributed by atoms with Crippen LogP contribution in [0.3, 0.4) is 0 Å². The van der Waals surface area contributed by atoms with Gasteiger partial charge in [0.15, 0.2) is 0 Å². The molecule has 2 heteroatoms. The quantitative estimate of drug-likeness (QED) is 0.844. The van der Waals surface area contributed by atoms with Crippen molar-refractivity contribution in [2.24, 2.45) is 0 Å². The molecule has 1 fully saturated rings. The highest BCUT2D eigenvalue weighted by molar-refractivity contribution is 5.29. The smallest absolute Gasteiger partial charge is 0.119 e. The van der Waals surface area contributed by atoms with Gasteiger partial charge in [0.2, 0.25) is 0 Å². The van der Waals surface area contributed by atoms with Gasteiger partial charge in [0, 0.05) is 5.54 Å². The van der Waals surface area contributed by atoms with Crippen molar-refractivity contribution >= 4 is 0 Å². The van der Waals surface area contributed by atoms with Crippen LogP contribution in [-0.2, 0) is 6.42 Å². The molecule has 1 N–H and O–H groups in total. The number of benzene rings is 1. The Morgan fingerprint density at radius 2 is 2.25 bits per heavy atom. The van der Waals surface area contributed by atoms with Crippen molar-refractivity contribution in [3.63, 3.8) is 0 Å². The summed E-state index contributed by atoms with van der Waals surface area (Å²) < 4.78 is 5.26. The van der Waals surface area contributed by atoms with Gasteiger partial charge in [-0.15, -0.1) is 0 Å². The molecule has 1 aliphatic heterocycles. The lowest BCUT2D eigenvalue weighted by Gasteiger charge is -2.35. The first-order valence-electron chi connectivity index (χ1n) is 6.10. The minimum absolute atomic E-state index is 0.268. The molecule has 0 radical (unpaired) electrons. The van der Waals surface area contributed by atoms with Crippen LogP contribution in [0.25, 0.3) is 0 Å². The van der Waals surface area contributed by atoms with Gasteiger partial charge >= 0.3 is 0 Å². The van der Waals surface area contributed by atoms with Crippen LogP contribution in [0.4, 0.5) is 0 Å². The van der Waals surface area contributed by atoms with E-state index in [1.54, 1.807) is 7.11 Å². The molecule has 0 amide bonds. The molecule has 0 aromatic heterocycles. The molecular weight excluding hydrogens is 198 g/mol. The average molecular weight is 219 g/mol. The molecule has 0 bridgehead atoms. The van der Waals surface area contributed by atoms with E-state index in [1.165, 1.54) is 24.8 Å². The SMILES string of the molecule is COc1cccc(CC2(C)CCCCN2)c1. The number of nitrogens with one attached hydrogen (secondary N) is 1. The van der Waals surface area contributed by atoms with E-state index < -0.39 is 0 Å². The third-order valence-corrected chi connectivity index (χ3v) is 3.44. The Hall–Kier alpha value is -1.02. The highest BCUT2D eigenvalue weighted by atomic mass is 16.5. The number of hydrogen-bond acceptors (Lipinski definition) is 2. The first-order valence-corrected chi connectivity index (χ1v) is 6.10. The van der Waals surface area contributed by atoms with Gasteiger partial charge in [-0.2, -0.15) is 0 Å². The molecule has 2 rings (SSSR count). The Morgan fingerprint density at radius 1 is 1.38 bits per heavy atom. The van der Waals surface area contributed by atoms with E-state index in [9.17, 15) is 0 Å². The summed E-state index contributed by atoms with van der Waals surface area (Å²) >= 11 is 0. The number of methoxy groups -OCH3 is 1. The molecule has 88 valence electrons. The zero-order valence-corrected chi connectivity index (χ0v) is 10.3. The van der Waals surface area contributed by atoms with Crippen molar-refractivity contribution in [3.05, 3.63) is 29.8 Å². The van der Waals surface area contributed by atoms with Crippen molar-refractivity contribution < 1.29 is 4.74 Å². The predicted octanol–water partition coefficient (Wildman–Crippen LogP) is 2.77. The summed E-state index contributed by atoms with van der Waals surface area (Å²) in [6, 6.07) is 8.39. The molecule has 2 nitrogen and oxygen atoms in total. The van der Waals surface area contributed by atoms with Crippen LogP contribution in [0.2, 0.25) is 0 Å². The van der Waals surface area contributed by atoms with Crippen LogP contribution in [0.1, 0.15) is 31.7 Å². The summed E-state index contributed by atoms with van der Waals surface area (Å²) in [4.78, 5) is 0. The second kappa shape index (κ2) is 4.88. The Morgan fingerprint density at radius 3 is 2.94 bits per heavy atom. The molecule has 0 saturated carbocycles. The fourth-order valence-corrected chi connectivity index (χ4v) is 2.50. The second-order valence-corrected chi connectivity index (χ2v) is 4.97. The van der Waals surface area contributed by atoms with Gasteiger partial charge in [-0.1, -0.05) is 18.6 Å². The summed E-state index contributed by atoms with van der Waals surface area (Å²) in [6.07, 6.45) is 5.01. The van der Waals surface area contributed by atoms with Crippen molar-refractivity contribution in [1.29, 1.82) is 0 Å². The molecule has 1 heterocycles. The van der Waals surface area contributed by atoms with Gasteiger partial charge in [-0.05, 0) is 50.4 Å². The van der Waals surface area contributed by atoms with E-state index in [-0.39, 0.29) is 5.54 Å². The molecule has 1 atom stereocenters. The van der Waals surface area contributed by atoms with Gasteiger partial charge in [0.25, 0.3) is 0 Å². The number of hydrogen-bond donors (Lipinski definition) is 1. The minimum atomic E-state index is 0.268. The monoisotopic (exact) mass is 219 g/mol. The summed E-state index contributed by atoms with van der Waals surface area (Å²) in [5.41, 5.74) is 1.63. The third kappa shape index (κ3) is 2.76. The largest absolute Gasteiger partial charge is 0.497 e. The van der Waals surface area contributed by atoms with Gasteiger partial charge in [0.1, 0.15) is 5.75 Å². The maximum atomic E-state index is 5.26. The Kier molecular flexibility index (Phi) is 3.49. The zero-order valence-electron chi connectivity index (χ0n) is 10.3. The first-order chi connectivity index (χ1) is 7.72. The number of rotatable bonds is 3. The van der Waals surface area contributed by atoms with Crippen LogP contribution in [0.5, 0.6) is 5.75 Å². The van der Waals surface area contributed by atoms with Crippen molar-refractivity contribution in [2.75, 3.05) is 13.7 Å². The maximum Gasteiger partial charge on any atom is 0.119 e. The molecule has 1 saturated heterocycles. The first kappa shape index (κ1) is 11.5. The summed E-state index contributed by atoms with van der Waals surface area (Å²) in [5, 5.41) is 3.64. The van der Waals surface area contributed by atoms with Crippen molar-refractivity contribution in [2.45, 2.75) is 38.1 Å². The fourth-order valence-electron chi connectivity index (χ4n) is 2.50. The molecule has 1 unspecified atom stereocenters. The van der Waals surface area contributed by atoms with Crippen LogP contribution >= 0.6 is 0 Å². The molecule has 0 aliphatic carbocycles. The maximum absolute atomic E-state index is 5.26. The molecule has 1 aromatic rings. The summed E-state index contributed by atoms with van der Waals surface area (Å²) in [7, 11) is 1.72. The molecule has 1 aliphatic rings. The summed E-state index contributed by atoms with van der Waals surface area (Å²) in [5.74, 6) is 0.955. The third-order valence-electron chi connectivity index (χ3n) is 3.44. The second-order valence-electron chi connectivity index (χ2n) is 4.97. The minimum Gasteiger partial charge on any atom is -0.497 e. The molecule has 16 heavy (non-hydrogen) atoms. The van der Waals surface area contributed by atoms with E-state index in [0.717, 1.165) is 18.7 Å². The van der Waals surface area contributed by atoms with E-state index in [1.807, 2.05) is 6.07 Å². The highest BCUT2D eigenvalue weighted by Gasteiger charge is 2.26. The normalized spacial score (nSPS) is 25.4. The lowest BCUT2D eigenvalue weighted by Crippen LogP contribution is -2.47. The van der Waals surface area contributed by atoms with Crippen LogP contribution in [-0.4, -0.2) is 19.2 Å². The zero-order chi connectivity index (χ0) is 11.4. The van der Waals surface area contributed by atoms with Gasteiger partial charge in [0.05, 0.1) is 7.11 Å². The highest BCUT2D eigenvalue weighted by Crippen LogP contribution is 2.24. The predicted molar refractivity (Wildman–Crippen MR) is 67.0 cm³/mol. The topological polar surface area (TPSA) is 21.3 Å². The van der Waals surface area contributed by atoms with Gasteiger partial charge in [-0.25, -0.2) is 0 Å². The van der Waals surface area contributed by atoms with Gasteiger partial charge in [-0.3, -0.25) is 0 Å². The van der Waals surface area contributed by atoms with E-state index in [0.29, 0.717) is 0 Å². The Bertz CT molecular complexity index is 342. The van der Waals surface area contributed by atoms with Crippen molar-refractivity contribution in [3.8, 4) is 5.75 Å². The van der Waals surface area contributed by atoms with E-state index >= 15 is 0 Å². The van der Waals surface area contributed by atoms with Crippen molar-refractivity contribution in [1.82, 2.24) is 5.32 Å². The van der Waals surface area contributed by atoms with E-state index in [2.05, 4.69) is 30.4 Å². The lowest BCUT2D eigenvalue weighted by atomic mass is 9.85. The lowest BCUT2D eigenvalue weighted by molar-refractivity contribution is 0.276. The standard InChI is InChI=1S/C14H21NO/c1-14(8-3-4-9-15-14)11-12-6-5-7-13(10-12)16-2/h5-7,10,15H,3-4,8-9,11H2,1-2H3. The molecular formula is C14H21NO. The average Bonchev–Trinajstić information content (AvgIpc) is 2.29. The van der Waals surface area contributed by atoms with E-state index in [4.69, 9.17) is 4.74 Å². The van der Waals surface area contributed by atoms with Crippen LogP contribution < -0.4 is 10.1 Å². The van der Waals surface area contributed by atoms with Gasteiger partial charge < -0.3 is 10.1 Å². The number of piperidine rings is 1. The summed E-state index contributed by atoms with van der Waals surface area (Å²) in [6.45, 7) is 3.48. The molecule has 1 aromatic carbocycles. The van der Waals surface area contributed by atoms with Crippen LogP contribution in [0.15, 0.2) is 24.3 Å². The fraction of sp³-hybridized carbons (Fsp3) is 0.571. The Balaban J connectivity index is 2.07.